The zero-order valence-corrected chi connectivity index (χ0v) is 11.8. The molecule has 0 radical (unpaired) electrons. The molecule has 1 saturated carbocycles. The number of rotatable bonds is 1. The molecule has 1 aliphatic carbocycles. The Labute approximate surface area is 126 Å². The SMILES string of the molecule is N#Cc1cccc(C(=O)N2CC(F)(F)C(O)C23CCCC3)n1. The number of amides is 1. The molecule has 0 aromatic carbocycles. The summed E-state index contributed by atoms with van der Waals surface area (Å²) in [6, 6.07) is 6.15. The third kappa shape index (κ3) is 2.06. The average molecular weight is 307 g/mol. The lowest BCUT2D eigenvalue weighted by molar-refractivity contribution is -0.0959. The summed E-state index contributed by atoms with van der Waals surface area (Å²) in [6.07, 6.45) is 0.247. The molecule has 7 heteroatoms. The highest BCUT2D eigenvalue weighted by molar-refractivity contribution is 5.93. The maximum Gasteiger partial charge on any atom is 0.292 e. The van der Waals surface area contributed by atoms with Gasteiger partial charge >= 0.3 is 0 Å². The largest absolute Gasteiger partial charge is 0.384 e. The molecule has 116 valence electrons. The molecule has 1 aromatic heterocycles. The molecule has 1 saturated heterocycles. The van der Waals surface area contributed by atoms with E-state index in [1.165, 1.54) is 18.2 Å². The standard InChI is InChI=1S/C15H15F2N3O2/c16-15(17)9-20(14(13(15)22)6-1-2-7-14)12(21)11-5-3-4-10(8-18)19-11/h3-5,13,22H,1-2,6-7,9H2. The molecule has 2 heterocycles. The van der Waals surface area contributed by atoms with E-state index in [0.717, 1.165) is 4.90 Å². The number of carbonyl (C=O) groups is 1. The Hall–Kier alpha value is -2.07. The smallest absolute Gasteiger partial charge is 0.292 e. The van der Waals surface area contributed by atoms with Crippen LogP contribution in [0.15, 0.2) is 18.2 Å². The highest BCUT2D eigenvalue weighted by Gasteiger charge is 2.64. The van der Waals surface area contributed by atoms with Crippen LogP contribution in [0.3, 0.4) is 0 Å². The van der Waals surface area contributed by atoms with E-state index in [2.05, 4.69) is 4.98 Å². The average Bonchev–Trinajstić information content (AvgIpc) is 3.08. The Morgan fingerprint density at radius 2 is 2.09 bits per heavy atom. The minimum Gasteiger partial charge on any atom is -0.384 e. The van der Waals surface area contributed by atoms with Gasteiger partial charge in [0.25, 0.3) is 11.8 Å². The van der Waals surface area contributed by atoms with Crippen molar-refractivity contribution in [2.45, 2.75) is 43.2 Å². The molecule has 3 rings (SSSR count). The maximum atomic E-state index is 14.0. The number of hydrogen-bond acceptors (Lipinski definition) is 4. The summed E-state index contributed by atoms with van der Waals surface area (Å²) in [6.45, 7) is -0.814. The van der Waals surface area contributed by atoms with Crippen molar-refractivity contribution in [1.29, 1.82) is 5.26 Å². The molecule has 2 aliphatic rings. The fourth-order valence-corrected chi connectivity index (χ4v) is 3.55. The molecular formula is C15H15F2N3O2. The van der Waals surface area contributed by atoms with Gasteiger partial charge in [-0.3, -0.25) is 4.79 Å². The van der Waals surface area contributed by atoms with Gasteiger partial charge in [0.05, 0.1) is 12.1 Å². The summed E-state index contributed by atoms with van der Waals surface area (Å²) in [7, 11) is 0. The molecule has 22 heavy (non-hydrogen) atoms. The third-order valence-corrected chi connectivity index (χ3v) is 4.61. The van der Waals surface area contributed by atoms with Gasteiger partial charge in [-0.15, -0.1) is 0 Å². The van der Waals surface area contributed by atoms with Crippen LogP contribution in [0.4, 0.5) is 8.78 Å². The molecule has 1 unspecified atom stereocenters. The van der Waals surface area contributed by atoms with Crippen LogP contribution in [-0.2, 0) is 0 Å². The molecule has 0 bridgehead atoms. The Morgan fingerprint density at radius 1 is 1.41 bits per heavy atom. The predicted octanol–water partition coefficient (Wildman–Crippen LogP) is 1.72. The van der Waals surface area contributed by atoms with Gasteiger partial charge < -0.3 is 10.0 Å². The lowest BCUT2D eigenvalue weighted by Gasteiger charge is -2.36. The van der Waals surface area contributed by atoms with Gasteiger partial charge in [0.1, 0.15) is 23.6 Å². The molecule has 1 aliphatic heterocycles. The number of pyridine rings is 1. The van der Waals surface area contributed by atoms with Crippen molar-refractivity contribution in [2.75, 3.05) is 6.54 Å². The van der Waals surface area contributed by atoms with E-state index < -0.39 is 30.0 Å². The predicted molar refractivity (Wildman–Crippen MR) is 72.1 cm³/mol. The summed E-state index contributed by atoms with van der Waals surface area (Å²) in [5, 5.41) is 18.9. The second-order valence-corrected chi connectivity index (χ2v) is 5.89. The fourth-order valence-electron chi connectivity index (χ4n) is 3.55. The zero-order valence-electron chi connectivity index (χ0n) is 11.8. The number of aliphatic hydroxyl groups is 1. The van der Waals surface area contributed by atoms with E-state index in [4.69, 9.17) is 5.26 Å². The normalized spacial score (nSPS) is 25.4. The Bertz CT molecular complexity index is 650. The van der Waals surface area contributed by atoms with Crippen LogP contribution in [0.1, 0.15) is 41.9 Å². The van der Waals surface area contributed by atoms with Crippen molar-refractivity contribution in [2.24, 2.45) is 0 Å². The van der Waals surface area contributed by atoms with Crippen molar-refractivity contribution in [3.05, 3.63) is 29.6 Å². The topological polar surface area (TPSA) is 77.2 Å². The van der Waals surface area contributed by atoms with Gasteiger partial charge in [-0.05, 0) is 25.0 Å². The number of carbonyl (C=O) groups excluding carboxylic acids is 1. The summed E-state index contributed by atoms with van der Waals surface area (Å²) in [5.41, 5.74) is -1.21. The number of halogens is 2. The first-order valence-electron chi connectivity index (χ1n) is 7.16. The van der Waals surface area contributed by atoms with Crippen molar-refractivity contribution in [3.8, 4) is 6.07 Å². The van der Waals surface area contributed by atoms with Crippen LogP contribution < -0.4 is 0 Å². The number of aliphatic hydroxyl groups excluding tert-OH is 1. The van der Waals surface area contributed by atoms with Crippen LogP contribution in [0.2, 0.25) is 0 Å². The number of likely N-dealkylation sites (tertiary alicyclic amines) is 1. The summed E-state index contributed by atoms with van der Waals surface area (Å²) >= 11 is 0. The van der Waals surface area contributed by atoms with Crippen molar-refractivity contribution >= 4 is 5.91 Å². The van der Waals surface area contributed by atoms with E-state index in [1.54, 1.807) is 0 Å². The second kappa shape index (κ2) is 4.99. The molecule has 1 aromatic rings. The van der Waals surface area contributed by atoms with Crippen LogP contribution in [-0.4, -0.2) is 45.0 Å². The Morgan fingerprint density at radius 3 is 2.73 bits per heavy atom. The molecule has 5 nitrogen and oxygen atoms in total. The monoisotopic (exact) mass is 307 g/mol. The number of alkyl halides is 2. The highest BCUT2D eigenvalue weighted by atomic mass is 19.3. The summed E-state index contributed by atoms with van der Waals surface area (Å²) < 4.78 is 28.0. The first-order chi connectivity index (χ1) is 10.4. The van der Waals surface area contributed by atoms with Crippen molar-refractivity contribution in [3.63, 3.8) is 0 Å². The first-order valence-corrected chi connectivity index (χ1v) is 7.16. The van der Waals surface area contributed by atoms with E-state index in [9.17, 15) is 18.7 Å². The molecular weight excluding hydrogens is 292 g/mol. The quantitative estimate of drug-likeness (QED) is 0.857. The van der Waals surface area contributed by atoms with Gasteiger partial charge in [0.15, 0.2) is 0 Å². The number of nitrogens with zero attached hydrogens (tertiary/aromatic N) is 3. The van der Waals surface area contributed by atoms with Crippen LogP contribution in [0, 0.1) is 11.3 Å². The molecule has 1 amide bonds. The van der Waals surface area contributed by atoms with Crippen LogP contribution in [0.5, 0.6) is 0 Å². The van der Waals surface area contributed by atoms with E-state index in [1.807, 2.05) is 6.07 Å². The molecule has 2 fully saturated rings. The van der Waals surface area contributed by atoms with E-state index in [0.29, 0.717) is 25.7 Å². The molecule has 1 N–H and O–H groups in total. The van der Waals surface area contributed by atoms with E-state index in [-0.39, 0.29) is 11.4 Å². The summed E-state index contributed by atoms with van der Waals surface area (Å²) in [5.74, 6) is -3.98. The third-order valence-electron chi connectivity index (χ3n) is 4.61. The van der Waals surface area contributed by atoms with Gasteiger partial charge in [0, 0.05) is 0 Å². The number of nitriles is 1. The fraction of sp³-hybridized carbons (Fsp3) is 0.533. The molecule has 1 spiro atoms. The Kier molecular flexibility index (Phi) is 3.37. The molecule has 1 atom stereocenters. The number of hydrogen-bond donors (Lipinski definition) is 1. The van der Waals surface area contributed by atoms with Gasteiger partial charge in [0.2, 0.25) is 0 Å². The summed E-state index contributed by atoms with van der Waals surface area (Å²) in [4.78, 5) is 17.6. The van der Waals surface area contributed by atoms with Gasteiger partial charge in [-0.25, -0.2) is 13.8 Å². The minimum atomic E-state index is -3.33. The Balaban J connectivity index is 1.99. The lowest BCUT2D eigenvalue weighted by Crippen LogP contribution is -2.52. The highest BCUT2D eigenvalue weighted by Crippen LogP contribution is 2.49. The van der Waals surface area contributed by atoms with Crippen molar-refractivity contribution < 1.29 is 18.7 Å². The van der Waals surface area contributed by atoms with Gasteiger partial charge in [-0.1, -0.05) is 18.9 Å². The van der Waals surface area contributed by atoms with Gasteiger partial charge in [-0.2, -0.15) is 5.26 Å². The number of aromatic nitrogens is 1. The van der Waals surface area contributed by atoms with Crippen LogP contribution in [0.25, 0.3) is 0 Å². The zero-order chi connectivity index (χ0) is 16.0. The van der Waals surface area contributed by atoms with E-state index >= 15 is 0 Å². The van der Waals surface area contributed by atoms with Crippen molar-refractivity contribution in [1.82, 2.24) is 9.88 Å². The van der Waals surface area contributed by atoms with Crippen LogP contribution >= 0.6 is 0 Å². The lowest BCUT2D eigenvalue weighted by atomic mass is 9.90. The minimum absolute atomic E-state index is 0.0461. The maximum absolute atomic E-state index is 14.0. The first kappa shape index (κ1) is 14.9. The second-order valence-electron chi connectivity index (χ2n) is 5.89.